The minimum absolute atomic E-state index is 0.124. The molecule has 0 saturated carbocycles. The zero-order valence-electron chi connectivity index (χ0n) is 10.9. The van der Waals surface area contributed by atoms with E-state index in [0.29, 0.717) is 18.2 Å². The lowest BCUT2D eigenvalue weighted by Crippen LogP contribution is -2.39. The number of carbonyl (C=O) groups is 1. The van der Waals surface area contributed by atoms with E-state index in [2.05, 4.69) is 36.1 Å². The molecule has 1 aromatic rings. The molecule has 0 bridgehead atoms. The summed E-state index contributed by atoms with van der Waals surface area (Å²) in [4.78, 5) is 14.1. The largest absolute Gasteiger partial charge is 0.364 e. The molecule has 0 N–H and O–H groups in total. The number of hydrogen-bond acceptors (Lipinski definition) is 2. The number of nitrogens with zero attached hydrogens (tertiary/aromatic N) is 1. The molecule has 1 aliphatic heterocycles. The number of rotatable bonds is 3. The first-order valence-electron chi connectivity index (χ1n) is 6.43. The van der Waals surface area contributed by atoms with Crippen LogP contribution in [0.4, 0.5) is 5.69 Å². The molecule has 1 aromatic carbocycles. The van der Waals surface area contributed by atoms with Crippen LogP contribution in [-0.4, -0.2) is 18.9 Å². The van der Waals surface area contributed by atoms with Crippen LogP contribution in [0.2, 0.25) is 0 Å². The highest BCUT2D eigenvalue weighted by atomic mass is 16.1. The van der Waals surface area contributed by atoms with Gasteiger partial charge in [-0.25, -0.2) is 0 Å². The Kier molecular flexibility index (Phi) is 3.51. The van der Waals surface area contributed by atoms with Crippen molar-refractivity contribution in [2.45, 2.75) is 27.2 Å². The molecular formula is C15H21NO. The van der Waals surface area contributed by atoms with E-state index in [-0.39, 0.29) is 5.92 Å². The molecule has 0 saturated heterocycles. The quantitative estimate of drug-likeness (QED) is 0.797. The van der Waals surface area contributed by atoms with Crippen LogP contribution in [0, 0.1) is 11.8 Å². The number of hydrogen-bond donors (Lipinski definition) is 0. The smallest absolute Gasteiger partial charge is 0.154 e. The SMILES string of the molecule is CC1Cc2ccccc2N(CC(=O)C(C)C)C1. The summed E-state index contributed by atoms with van der Waals surface area (Å²) in [6.07, 6.45) is 1.13. The molecule has 17 heavy (non-hydrogen) atoms. The van der Waals surface area contributed by atoms with Crippen LogP contribution in [0.1, 0.15) is 26.3 Å². The lowest BCUT2D eigenvalue weighted by molar-refractivity contribution is -0.120. The Hall–Kier alpha value is -1.31. The monoisotopic (exact) mass is 231 g/mol. The highest BCUT2D eigenvalue weighted by Crippen LogP contribution is 2.29. The van der Waals surface area contributed by atoms with E-state index in [1.807, 2.05) is 13.8 Å². The predicted molar refractivity (Wildman–Crippen MR) is 71.4 cm³/mol. The zero-order valence-corrected chi connectivity index (χ0v) is 10.9. The number of anilines is 1. The van der Waals surface area contributed by atoms with Gasteiger partial charge in [0.1, 0.15) is 0 Å². The fourth-order valence-corrected chi connectivity index (χ4v) is 2.43. The maximum atomic E-state index is 11.9. The number of carbonyl (C=O) groups excluding carboxylic acids is 1. The fraction of sp³-hybridized carbons (Fsp3) is 0.533. The van der Waals surface area contributed by atoms with Crippen molar-refractivity contribution in [2.75, 3.05) is 18.0 Å². The van der Waals surface area contributed by atoms with Crippen LogP contribution in [0.15, 0.2) is 24.3 Å². The molecule has 2 rings (SSSR count). The first-order valence-corrected chi connectivity index (χ1v) is 6.43. The van der Waals surface area contributed by atoms with Crippen molar-refractivity contribution in [3.05, 3.63) is 29.8 Å². The van der Waals surface area contributed by atoms with Crippen molar-refractivity contribution >= 4 is 11.5 Å². The second-order valence-corrected chi connectivity index (χ2v) is 5.44. The molecule has 2 nitrogen and oxygen atoms in total. The van der Waals surface area contributed by atoms with Crippen LogP contribution < -0.4 is 4.90 Å². The molecule has 0 aliphatic carbocycles. The normalized spacial score (nSPS) is 19.3. The number of Topliss-reactive ketones (excluding diaryl/α,β-unsaturated/α-hetero) is 1. The Morgan fingerprint density at radius 1 is 1.41 bits per heavy atom. The second-order valence-electron chi connectivity index (χ2n) is 5.44. The van der Waals surface area contributed by atoms with Crippen molar-refractivity contribution in [2.24, 2.45) is 11.8 Å². The lowest BCUT2D eigenvalue weighted by atomic mass is 9.93. The van der Waals surface area contributed by atoms with E-state index >= 15 is 0 Å². The molecule has 1 unspecified atom stereocenters. The molecule has 1 atom stereocenters. The maximum absolute atomic E-state index is 11.9. The predicted octanol–water partition coefficient (Wildman–Crippen LogP) is 2.91. The van der Waals surface area contributed by atoms with Gasteiger partial charge in [-0.2, -0.15) is 0 Å². The average Bonchev–Trinajstić information content (AvgIpc) is 2.28. The number of ketones is 1. The van der Waals surface area contributed by atoms with E-state index in [4.69, 9.17) is 0 Å². The minimum Gasteiger partial charge on any atom is -0.364 e. The maximum Gasteiger partial charge on any atom is 0.154 e. The van der Waals surface area contributed by atoms with Crippen LogP contribution >= 0.6 is 0 Å². The van der Waals surface area contributed by atoms with Crippen molar-refractivity contribution in [1.82, 2.24) is 0 Å². The molecule has 92 valence electrons. The Balaban J connectivity index is 2.21. The third-order valence-electron chi connectivity index (χ3n) is 3.42. The first-order chi connectivity index (χ1) is 8.08. The Labute approximate surface area is 104 Å². The van der Waals surface area contributed by atoms with Gasteiger partial charge in [0, 0.05) is 18.2 Å². The Morgan fingerprint density at radius 3 is 2.82 bits per heavy atom. The summed E-state index contributed by atoms with van der Waals surface area (Å²) in [7, 11) is 0. The summed E-state index contributed by atoms with van der Waals surface area (Å²) >= 11 is 0. The zero-order chi connectivity index (χ0) is 12.4. The van der Waals surface area contributed by atoms with Gasteiger partial charge in [0.05, 0.1) is 6.54 Å². The molecule has 1 heterocycles. The molecule has 0 amide bonds. The van der Waals surface area contributed by atoms with Gasteiger partial charge in [-0.15, -0.1) is 0 Å². The van der Waals surface area contributed by atoms with Gasteiger partial charge >= 0.3 is 0 Å². The summed E-state index contributed by atoms with van der Waals surface area (Å²) in [5, 5.41) is 0. The van der Waals surface area contributed by atoms with E-state index in [0.717, 1.165) is 13.0 Å². The fourth-order valence-electron chi connectivity index (χ4n) is 2.43. The minimum atomic E-state index is 0.124. The molecule has 0 fully saturated rings. The van der Waals surface area contributed by atoms with Gasteiger partial charge in [-0.1, -0.05) is 39.0 Å². The van der Waals surface area contributed by atoms with Crippen molar-refractivity contribution in [3.8, 4) is 0 Å². The van der Waals surface area contributed by atoms with Gasteiger partial charge < -0.3 is 4.90 Å². The highest BCUT2D eigenvalue weighted by Gasteiger charge is 2.23. The molecular weight excluding hydrogens is 210 g/mol. The second kappa shape index (κ2) is 4.91. The summed E-state index contributed by atoms with van der Waals surface area (Å²) < 4.78 is 0. The van der Waals surface area contributed by atoms with E-state index < -0.39 is 0 Å². The van der Waals surface area contributed by atoms with E-state index in [9.17, 15) is 4.79 Å². The molecule has 1 aliphatic rings. The van der Waals surface area contributed by atoms with Gasteiger partial charge in [0.15, 0.2) is 5.78 Å². The van der Waals surface area contributed by atoms with Gasteiger partial charge in [0.25, 0.3) is 0 Å². The van der Waals surface area contributed by atoms with Crippen LogP contribution in [0.3, 0.4) is 0 Å². The van der Waals surface area contributed by atoms with Gasteiger partial charge in [-0.05, 0) is 24.0 Å². The standard InChI is InChI=1S/C15H21NO/c1-11(2)15(17)10-16-9-12(3)8-13-6-4-5-7-14(13)16/h4-7,11-12H,8-10H2,1-3H3. The summed E-state index contributed by atoms with van der Waals surface area (Å²) in [6, 6.07) is 8.45. The van der Waals surface area contributed by atoms with Crippen molar-refractivity contribution < 1.29 is 4.79 Å². The number of fused-ring (bicyclic) bond motifs is 1. The van der Waals surface area contributed by atoms with E-state index in [1.54, 1.807) is 0 Å². The molecule has 0 aromatic heterocycles. The average molecular weight is 231 g/mol. The number of benzene rings is 1. The van der Waals surface area contributed by atoms with Crippen LogP contribution in [-0.2, 0) is 11.2 Å². The summed E-state index contributed by atoms with van der Waals surface area (Å²) in [5.41, 5.74) is 2.63. The summed E-state index contributed by atoms with van der Waals surface area (Å²) in [5.74, 6) is 1.08. The molecule has 0 spiro atoms. The summed E-state index contributed by atoms with van der Waals surface area (Å²) in [6.45, 7) is 7.75. The lowest BCUT2D eigenvalue weighted by Gasteiger charge is -2.34. The number of para-hydroxylation sites is 1. The highest BCUT2D eigenvalue weighted by molar-refractivity contribution is 5.85. The topological polar surface area (TPSA) is 20.3 Å². The van der Waals surface area contributed by atoms with E-state index in [1.165, 1.54) is 11.3 Å². The van der Waals surface area contributed by atoms with Crippen molar-refractivity contribution in [1.29, 1.82) is 0 Å². The molecule has 2 heteroatoms. The first kappa shape index (κ1) is 12.2. The Morgan fingerprint density at radius 2 is 2.12 bits per heavy atom. The molecule has 0 radical (unpaired) electrons. The third-order valence-corrected chi connectivity index (χ3v) is 3.42. The van der Waals surface area contributed by atoms with Gasteiger partial charge in [0.2, 0.25) is 0 Å². The third kappa shape index (κ3) is 2.68. The van der Waals surface area contributed by atoms with Crippen LogP contribution in [0.25, 0.3) is 0 Å². The Bertz CT molecular complexity index is 411. The van der Waals surface area contributed by atoms with Crippen LogP contribution in [0.5, 0.6) is 0 Å². The van der Waals surface area contributed by atoms with Crippen molar-refractivity contribution in [3.63, 3.8) is 0 Å². The van der Waals surface area contributed by atoms with Gasteiger partial charge in [-0.3, -0.25) is 4.79 Å².